The number of amides is 1. The third-order valence-corrected chi connectivity index (χ3v) is 5.23. The van der Waals surface area contributed by atoms with Gasteiger partial charge < -0.3 is 15.5 Å². The second-order valence-electron chi connectivity index (χ2n) is 7.23. The van der Waals surface area contributed by atoms with Gasteiger partial charge in [0.2, 0.25) is 5.91 Å². The first kappa shape index (κ1) is 17.3. The molecule has 1 aromatic heterocycles. The van der Waals surface area contributed by atoms with Crippen LogP contribution in [0.5, 0.6) is 0 Å². The molecule has 1 aliphatic rings. The van der Waals surface area contributed by atoms with Crippen molar-refractivity contribution in [3.63, 3.8) is 0 Å². The van der Waals surface area contributed by atoms with Crippen molar-refractivity contribution < 1.29 is 9.90 Å². The van der Waals surface area contributed by atoms with Crippen molar-refractivity contribution in [1.29, 1.82) is 0 Å². The Hall–Kier alpha value is -3.12. The first-order chi connectivity index (χ1) is 13.0. The van der Waals surface area contributed by atoms with Crippen LogP contribution < -0.4 is 10.9 Å². The summed E-state index contributed by atoms with van der Waals surface area (Å²) in [5.74, 6) is -1.68. The Morgan fingerprint density at radius 1 is 1.07 bits per heavy atom. The first-order valence-electron chi connectivity index (χ1n) is 8.90. The minimum Gasteiger partial charge on any atom is -0.389 e. The lowest BCUT2D eigenvalue weighted by Crippen LogP contribution is -2.51. The van der Waals surface area contributed by atoms with Crippen molar-refractivity contribution in [2.24, 2.45) is 5.92 Å². The molecule has 0 fully saturated rings. The number of anilines is 1. The first-order valence-corrected chi connectivity index (χ1v) is 8.90. The van der Waals surface area contributed by atoms with Crippen LogP contribution in [0.2, 0.25) is 0 Å². The number of carbonyl (C=O) groups is 1. The Bertz CT molecular complexity index is 1010. The molecule has 3 atom stereocenters. The monoisotopic (exact) mass is 363 g/mol. The van der Waals surface area contributed by atoms with E-state index < -0.39 is 17.4 Å². The van der Waals surface area contributed by atoms with Crippen molar-refractivity contribution in [3.8, 4) is 0 Å². The van der Waals surface area contributed by atoms with Gasteiger partial charge in [0, 0.05) is 29.3 Å². The second-order valence-corrected chi connectivity index (χ2v) is 7.23. The lowest BCUT2D eigenvalue weighted by Gasteiger charge is -2.41. The van der Waals surface area contributed by atoms with E-state index in [1.807, 2.05) is 48.5 Å². The van der Waals surface area contributed by atoms with Crippen LogP contribution >= 0.6 is 0 Å². The number of benzene rings is 2. The molecule has 1 heterocycles. The minimum absolute atomic E-state index is 0.192. The Morgan fingerprint density at radius 2 is 1.70 bits per heavy atom. The molecule has 0 saturated carbocycles. The van der Waals surface area contributed by atoms with Crippen molar-refractivity contribution in [2.75, 3.05) is 5.32 Å². The van der Waals surface area contributed by atoms with Gasteiger partial charge in [-0.05, 0) is 24.6 Å². The topological polar surface area (TPSA) is 98.0 Å². The van der Waals surface area contributed by atoms with Gasteiger partial charge in [0.15, 0.2) is 0 Å². The molecule has 3 aromatic rings. The zero-order chi connectivity index (χ0) is 19.0. The summed E-state index contributed by atoms with van der Waals surface area (Å²) in [7, 11) is 0. The molecule has 27 heavy (non-hydrogen) atoms. The van der Waals surface area contributed by atoms with Gasteiger partial charge in [-0.1, -0.05) is 48.5 Å². The number of hydrogen-bond acceptors (Lipinski definition) is 3. The fourth-order valence-corrected chi connectivity index (χ4v) is 4.06. The van der Waals surface area contributed by atoms with E-state index in [2.05, 4.69) is 15.5 Å². The van der Waals surface area contributed by atoms with Gasteiger partial charge in [-0.2, -0.15) is 0 Å². The van der Waals surface area contributed by atoms with Crippen LogP contribution in [0.15, 0.2) is 65.5 Å². The molecule has 138 valence electrons. The number of H-pyrrole nitrogens is 2. The van der Waals surface area contributed by atoms with E-state index in [0.717, 1.165) is 5.56 Å². The van der Waals surface area contributed by atoms with E-state index in [1.54, 1.807) is 19.1 Å². The summed E-state index contributed by atoms with van der Waals surface area (Å²) < 4.78 is 0. The molecule has 4 N–H and O–H groups in total. The maximum Gasteiger partial charge on any atom is 0.267 e. The summed E-state index contributed by atoms with van der Waals surface area (Å²) in [5.41, 5.74) is 1.05. The Balaban J connectivity index is 1.82. The van der Waals surface area contributed by atoms with E-state index in [9.17, 15) is 14.7 Å². The summed E-state index contributed by atoms with van der Waals surface area (Å²) >= 11 is 0. The maximum atomic E-state index is 13.2. The minimum atomic E-state index is -1.32. The SMILES string of the molecule is C[C@@]1(O)Cc2[nH][nH]c(=O)c2[C@H](c2ccccc2)[C@@H]1C(=O)Nc1ccccc1. The molecule has 0 radical (unpaired) electrons. The van der Waals surface area contributed by atoms with Crippen LogP contribution in [0.4, 0.5) is 5.69 Å². The van der Waals surface area contributed by atoms with Gasteiger partial charge in [-0.25, -0.2) is 0 Å². The van der Waals surface area contributed by atoms with Gasteiger partial charge in [0.1, 0.15) is 0 Å². The highest BCUT2D eigenvalue weighted by Crippen LogP contribution is 2.44. The predicted molar refractivity (Wildman–Crippen MR) is 103 cm³/mol. The third-order valence-electron chi connectivity index (χ3n) is 5.23. The fraction of sp³-hybridized carbons (Fsp3) is 0.238. The quantitative estimate of drug-likeness (QED) is 0.575. The molecule has 2 aromatic carbocycles. The zero-order valence-electron chi connectivity index (χ0n) is 14.9. The second kappa shape index (κ2) is 6.55. The number of aromatic nitrogens is 2. The average molecular weight is 363 g/mol. The average Bonchev–Trinajstić information content (AvgIpc) is 3.01. The summed E-state index contributed by atoms with van der Waals surface area (Å²) in [6, 6.07) is 18.5. The van der Waals surface area contributed by atoms with E-state index >= 15 is 0 Å². The smallest absolute Gasteiger partial charge is 0.267 e. The molecule has 0 spiro atoms. The molecular weight excluding hydrogens is 342 g/mol. The Labute approximate surface area is 156 Å². The lowest BCUT2D eigenvalue weighted by molar-refractivity contribution is -0.130. The highest BCUT2D eigenvalue weighted by atomic mass is 16.3. The van der Waals surface area contributed by atoms with E-state index in [1.165, 1.54) is 0 Å². The predicted octanol–water partition coefficient (Wildman–Crippen LogP) is 2.40. The zero-order valence-corrected chi connectivity index (χ0v) is 14.9. The number of carbonyl (C=O) groups excluding carboxylic acids is 1. The Morgan fingerprint density at radius 3 is 2.37 bits per heavy atom. The van der Waals surface area contributed by atoms with Crippen LogP contribution in [0.3, 0.4) is 0 Å². The normalized spacial score (nSPS) is 24.2. The van der Waals surface area contributed by atoms with Gasteiger partial charge in [0.25, 0.3) is 5.56 Å². The van der Waals surface area contributed by atoms with Crippen LogP contribution in [0.1, 0.15) is 29.7 Å². The van der Waals surface area contributed by atoms with Gasteiger partial charge in [0.05, 0.1) is 11.5 Å². The number of aliphatic hydroxyl groups is 1. The third kappa shape index (κ3) is 3.08. The Kier molecular flexibility index (Phi) is 4.20. The van der Waals surface area contributed by atoms with Gasteiger partial charge >= 0.3 is 0 Å². The molecule has 4 rings (SSSR count). The fourth-order valence-electron chi connectivity index (χ4n) is 4.06. The summed E-state index contributed by atoms with van der Waals surface area (Å²) in [6.07, 6.45) is 0.192. The molecule has 0 saturated heterocycles. The van der Waals surface area contributed by atoms with Gasteiger partial charge in [-0.15, -0.1) is 0 Å². The molecule has 1 aliphatic carbocycles. The number of aromatic amines is 2. The van der Waals surface area contributed by atoms with Crippen LogP contribution in [0.25, 0.3) is 0 Å². The summed E-state index contributed by atoms with van der Waals surface area (Å²) in [5, 5.41) is 19.5. The van der Waals surface area contributed by atoms with E-state index in [4.69, 9.17) is 0 Å². The highest BCUT2D eigenvalue weighted by molar-refractivity contribution is 5.94. The van der Waals surface area contributed by atoms with Gasteiger partial charge in [-0.3, -0.25) is 14.7 Å². The molecular formula is C21H21N3O3. The summed E-state index contributed by atoms with van der Waals surface area (Å²) in [4.78, 5) is 25.7. The molecule has 0 unspecified atom stereocenters. The highest BCUT2D eigenvalue weighted by Gasteiger charge is 2.50. The molecule has 0 bridgehead atoms. The molecule has 1 amide bonds. The molecule has 6 nitrogen and oxygen atoms in total. The number of hydrogen-bond donors (Lipinski definition) is 4. The van der Waals surface area contributed by atoms with Crippen LogP contribution in [0, 0.1) is 5.92 Å². The van der Waals surface area contributed by atoms with E-state index in [0.29, 0.717) is 16.9 Å². The number of nitrogens with one attached hydrogen (secondary N) is 3. The summed E-state index contributed by atoms with van der Waals surface area (Å²) in [6.45, 7) is 1.65. The van der Waals surface area contributed by atoms with Crippen molar-refractivity contribution in [2.45, 2.75) is 24.9 Å². The number of fused-ring (bicyclic) bond motifs is 1. The van der Waals surface area contributed by atoms with Crippen LogP contribution in [-0.2, 0) is 11.2 Å². The largest absolute Gasteiger partial charge is 0.389 e. The number of para-hydroxylation sites is 1. The number of rotatable bonds is 3. The van der Waals surface area contributed by atoms with Crippen molar-refractivity contribution in [1.82, 2.24) is 10.2 Å². The standard InChI is InChI=1S/C21H21N3O3/c1-21(27)12-15-17(19(25)24-23-15)16(13-8-4-2-5-9-13)18(21)20(26)22-14-10-6-3-7-11-14/h2-11,16,18,27H,12H2,1H3,(H,22,26)(H2,23,24,25)/t16-,18+,21+/m0/s1. The molecule has 6 heteroatoms. The van der Waals surface area contributed by atoms with Crippen molar-refractivity contribution >= 4 is 11.6 Å². The molecule has 0 aliphatic heterocycles. The van der Waals surface area contributed by atoms with Crippen molar-refractivity contribution in [3.05, 3.63) is 87.8 Å². The lowest BCUT2D eigenvalue weighted by atomic mass is 9.66. The van der Waals surface area contributed by atoms with E-state index in [-0.39, 0.29) is 17.9 Å². The van der Waals surface area contributed by atoms with Crippen LogP contribution in [-0.4, -0.2) is 26.8 Å². The maximum absolute atomic E-state index is 13.2.